The number of carbonyl (C=O) groups excluding carboxylic acids is 1. The topological polar surface area (TPSA) is 52.6 Å². The van der Waals surface area contributed by atoms with Gasteiger partial charge in [0.2, 0.25) is 0 Å². The Kier molecular flexibility index (Phi) is 2.53. The van der Waals surface area contributed by atoms with Crippen LogP contribution in [0.5, 0.6) is 5.75 Å². The van der Waals surface area contributed by atoms with Gasteiger partial charge in [0.15, 0.2) is 0 Å². The normalized spacial score (nSPS) is 17.9. The van der Waals surface area contributed by atoms with E-state index >= 15 is 0 Å². The van der Waals surface area contributed by atoms with Gasteiger partial charge in [0.05, 0.1) is 5.69 Å². The molecule has 1 aromatic rings. The third-order valence-electron chi connectivity index (χ3n) is 2.97. The Morgan fingerprint density at radius 2 is 2.00 bits per heavy atom. The molecule has 0 spiro atoms. The fraction of sp³-hybridized carbons (Fsp3) is 0.462. The van der Waals surface area contributed by atoms with Gasteiger partial charge < -0.3 is 15.3 Å². The van der Waals surface area contributed by atoms with Crippen molar-refractivity contribution in [3.8, 4) is 5.75 Å². The van der Waals surface area contributed by atoms with Crippen LogP contribution >= 0.6 is 0 Å². The average molecular weight is 234 g/mol. The van der Waals surface area contributed by atoms with Gasteiger partial charge in [0, 0.05) is 6.04 Å². The van der Waals surface area contributed by atoms with Gasteiger partial charge in [0.25, 0.3) is 5.91 Å². The van der Waals surface area contributed by atoms with E-state index in [9.17, 15) is 9.90 Å². The number of rotatable bonds is 1. The van der Waals surface area contributed by atoms with Crippen molar-refractivity contribution >= 4 is 17.3 Å². The SMILES string of the molecule is CC(C)N1C(=O)C(C)(C)Nc2cccc(O)c21. The molecule has 1 aliphatic rings. The van der Waals surface area contributed by atoms with Crippen molar-refractivity contribution in [1.29, 1.82) is 0 Å². The number of phenols is 1. The maximum atomic E-state index is 12.4. The summed E-state index contributed by atoms with van der Waals surface area (Å²) in [5.74, 6) is 0.106. The molecule has 92 valence electrons. The van der Waals surface area contributed by atoms with Crippen LogP contribution in [-0.4, -0.2) is 22.6 Å². The Bertz CT molecular complexity index is 466. The van der Waals surface area contributed by atoms with E-state index in [4.69, 9.17) is 0 Å². The molecule has 17 heavy (non-hydrogen) atoms. The van der Waals surface area contributed by atoms with E-state index in [1.807, 2.05) is 33.8 Å². The van der Waals surface area contributed by atoms with Gasteiger partial charge in [-0.25, -0.2) is 0 Å². The lowest BCUT2D eigenvalue weighted by molar-refractivity contribution is -0.122. The molecule has 0 aliphatic carbocycles. The second-order valence-electron chi connectivity index (χ2n) is 5.19. The molecule has 4 heteroatoms. The highest BCUT2D eigenvalue weighted by atomic mass is 16.3. The predicted octanol–water partition coefficient (Wildman–Crippen LogP) is 2.34. The second-order valence-corrected chi connectivity index (χ2v) is 5.19. The molecule has 0 atom stereocenters. The third kappa shape index (κ3) is 1.73. The predicted molar refractivity (Wildman–Crippen MR) is 68.4 cm³/mol. The summed E-state index contributed by atoms with van der Waals surface area (Å²) in [6, 6.07) is 5.25. The number of para-hydroxylation sites is 1. The van der Waals surface area contributed by atoms with Gasteiger partial charge >= 0.3 is 0 Å². The summed E-state index contributed by atoms with van der Waals surface area (Å²) in [5.41, 5.74) is 0.723. The van der Waals surface area contributed by atoms with Crippen molar-refractivity contribution in [2.24, 2.45) is 0 Å². The van der Waals surface area contributed by atoms with Crippen LogP contribution in [0.25, 0.3) is 0 Å². The standard InChI is InChI=1S/C13H18N2O2/c1-8(2)15-11-9(6-5-7-10(11)16)14-13(3,4)12(15)17/h5-8,14,16H,1-4H3. The molecule has 0 saturated heterocycles. The zero-order valence-electron chi connectivity index (χ0n) is 10.6. The van der Waals surface area contributed by atoms with E-state index in [0.717, 1.165) is 5.69 Å². The van der Waals surface area contributed by atoms with Crippen LogP contribution in [0, 0.1) is 0 Å². The molecule has 0 saturated carbocycles. The Balaban J connectivity index is 2.64. The average Bonchev–Trinajstić information content (AvgIpc) is 2.20. The number of fused-ring (bicyclic) bond motifs is 1. The monoisotopic (exact) mass is 234 g/mol. The molecule has 0 bridgehead atoms. The molecule has 1 amide bonds. The minimum Gasteiger partial charge on any atom is -0.506 e. The number of phenolic OH excluding ortho intramolecular Hbond substituents is 1. The maximum absolute atomic E-state index is 12.4. The molecular formula is C13H18N2O2. The van der Waals surface area contributed by atoms with Crippen LogP contribution in [0.2, 0.25) is 0 Å². The zero-order valence-corrected chi connectivity index (χ0v) is 10.6. The van der Waals surface area contributed by atoms with Crippen LogP contribution in [0.3, 0.4) is 0 Å². The number of nitrogens with zero attached hydrogens (tertiary/aromatic N) is 1. The highest BCUT2D eigenvalue weighted by Crippen LogP contribution is 2.42. The molecule has 2 rings (SSSR count). The third-order valence-corrected chi connectivity index (χ3v) is 2.97. The highest BCUT2D eigenvalue weighted by Gasteiger charge is 2.40. The lowest BCUT2D eigenvalue weighted by Gasteiger charge is -2.42. The quantitative estimate of drug-likeness (QED) is 0.784. The molecule has 2 N–H and O–H groups in total. The van der Waals surface area contributed by atoms with Crippen molar-refractivity contribution in [3.63, 3.8) is 0 Å². The smallest absolute Gasteiger partial charge is 0.252 e. The number of benzene rings is 1. The summed E-state index contributed by atoms with van der Waals surface area (Å²) in [6.07, 6.45) is 0. The van der Waals surface area contributed by atoms with E-state index in [0.29, 0.717) is 5.69 Å². The summed E-state index contributed by atoms with van der Waals surface area (Å²) in [7, 11) is 0. The molecule has 0 aromatic heterocycles. The maximum Gasteiger partial charge on any atom is 0.252 e. The first kappa shape index (κ1) is 11.8. The number of anilines is 2. The Labute approximate surface area is 101 Å². The number of hydrogen-bond donors (Lipinski definition) is 2. The van der Waals surface area contributed by atoms with Gasteiger partial charge in [-0.2, -0.15) is 0 Å². The van der Waals surface area contributed by atoms with Gasteiger partial charge in [-0.1, -0.05) is 6.07 Å². The zero-order chi connectivity index (χ0) is 12.8. The van der Waals surface area contributed by atoms with Crippen LogP contribution < -0.4 is 10.2 Å². The van der Waals surface area contributed by atoms with Crippen molar-refractivity contribution in [1.82, 2.24) is 0 Å². The van der Waals surface area contributed by atoms with E-state index in [-0.39, 0.29) is 17.7 Å². The van der Waals surface area contributed by atoms with Gasteiger partial charge in [-0.3, -0.25) is 4.79 Å². The Morgan fingerprint density at radius 3 is 2.59 bits per heavy atom. The number of hydrogen-bond acceptors (Lipinski definition) is 3. The molecular weight excluding hydrogens is 216 g/mol. The first-order valence-electron chi connectivity index (χ1n) is 5.78. The van der Waals surface area contributed by atoms with E-state index in [1.165, 1.54) is 0 Å². The van der Waals surface area contributed by atoms with Crippen molar-refractivity contribution in [2.45, 2.75) is 39.3 Å². The van der Waals surface area contributed by atoms with Gasteiger partial charge in [-0.05, 0) is 39.8 Å². The Hall–Kier alpha value is -1.71. The van der Waals surface area contributed by atoms with Gasteiger partial charge in [-0.15, -0.1) is 0 Å². The lowest BCUT2D eigenvalue weighted by atomic mass is 9.96. The first-order chi connectivity index (χ1) is 7.84. The first-order valence-corrected chi connectivity index (χ1v) is 5.78. The molecule has 0 unspecified atom stereocenters. The molecule has 1 heterocycles. The lowest BCUT2D eigenvalue weighted by Crippen LogP contribution is -2.56. The van der Waals surface area contributed by atoms with Crippen LogP contribution in [-0.2, 0) is 4.79 Å². The summed E-state index contributed by atoms with van der Waals surface area (Å²) in [6.45, 7) is 7.57. The van der Waals surface area contributed by atoms with Gasteiger partial charge in [0.1, 0.15) is 17.0 Å². The molecule has 0 radical (unpaired) electrons. The fourth-order valence-electron chi connectivity index (χ4n) is 2.17. The largest absolute Gasteiger partial charge is 0.506 e. The van der Waals surface area contributed by atoms with E-state index in [1.54, 1.807) is 17.0 Å². The van der Waals surface area contributed by atoms with Crippen molar-refractivity contribution in [3.05, 3.63) is 18.2 Å². The summed E-state index contributed by atoms with van der Waals surface area (Å²) >= 11 is 0. The summed E-state index contributed by atoms with van der Waals surface area (Å²) < 4.78 is 0. The number of nitrogens with one attached hydrogen (secondary N) is 1. The van der Waals surface area contributed by atoms with Crippen molar-refractivity contribution < 1.29 is 9.90 Å². The number of amides is 1. The summed E-state index contributed by atoms with van der Waals surface area (Å²) in [5, 5.41) is 13.1. The fourth-order valence-corrected chi connectivity index (χ4v) is 2.17. The minimum absolute atomic E-state index is 0.0101. The summed E-state index contributed by atoms with van der Waals surface area (Å²) in [4.78, 5) is 14.0. The Morgan fingerprint density at radius 1 is 1.35 bits per heavy atom. The molecule has 4 nitrogen and oxygen atoms in total. The number of aromatic hydroxyl groups is 1. The second kappa shape index (κ2) is 3.65. The van der Waals surface area contributed by atoms with E-state index < -0.39 is 5.54 Å². The minimum atomic E-state index is -0.648. The van der Waals surface area contributed by atoms with Crippen LogP contribution in [0.4, 0.5) is 11.4 Å². The molecule has 1 aliphatic heterocycles. The number of carbonyl (C=O) groups is 1. The highest BCUT2D eigenvalue weighted by molar-refractivity contribution is 6.09. The van der Waals surface area contributed by atoms with Crippen LogP contribution in [0.15, 0.2) is 18.2 Å². The molecule has 1 aromatic carbocycles. The van der Waals surface area contributed by atoms with E-state index in [2.05, 4.69) is 5.32 Å². The molecule has 0 fully saturated rings. The van der Waals surface area contributed by atoms with Crippen LogP contribution in [0.1, 0.15) is 27.7 Å². The van der Waals surface area contributed by atoms with Crippen molar-refractivity contribution in [2.75, 3.05) is 10.2 Å².